The molecule has 0 saturated carbocycles. The number of hydrogen-bond acceptors (Lipinski definition) is 6. The Bertz CT molecular complexity index is 1030. The van der Waals surface area contributed by atoms with Crippen molar-refractivity contribution >= 4 is 9.84 Å². The second-order valence-electron chi connectivity index (χ2n) is 5.24. The first-order valence-corrected chi connectivity index (χ1v) is 8.88. The Hall–Kier alpha value is -3.01. The van der Waals surface area contributed by atoms with E-state index in [4.69, 9.17) is 13.9 Å². The molecule has 0 saturated heterocycles. The van der Waals surface area contributed by atoms with E-state index in [2.05, 4.69) is 4.98 Å². The number of methoxy groups -OCH3 is 1. The minimum absolute atomic E-state index is 0.256. The van der Waals surface area contributed by atoms with Gasteiger partial charge >= 0.3 is 5.51 Å². The lowest BCUT2D eigenvalue weighted by atomic mass is 10.2. The van der Waals surface area contributed by atoms with Crippen LogP contribution in [-0.2, 0) is 9.84 Å². The van der Waals surface area contributed by atoms with E-state index < -0.39 is 20.4 Å². The molecule has 0 amide bonds. The first kappa shape index (κ1) is 18.8. The van der Waals surface area contributed by atoms with Gasteiger partial charge in [0.25, 0.3) is 9.84 Å². The summed E-state index contributed by atoms with van der Waals surface area (Å²) in [5.41, 5.74) is -5.15. The molecule has 0 bridgehead atoms. The van der Waals surface area contributed by atoms with E-state index in [-0.39, 0.29) is 5.89 Å². The minimum Gasteiger partial charge on any atom is -0.497 e. The van der Waals surface area contributed by atoms with Gasteiger partial charge in [0.2, 0.25) is 10.9 Å². The molecule has 0 N–H and O–H groups in total. The topological polar surface area (TPSA) is 78.6 Å². The molecule has 142 valence electrons. The molecule has 1 aromatic heterocycles. The summed E-state index contributed by atoms with van der Waals surface area (Å²) >= 11 is 0. The van der Waals surface area contributed by atoms with E-state index >= 15 is 0 Å². The molecule has 3 rings (SSSR count). The number of alkyl halides is 3. The highest BCUT2D eigenvalue weighted by Crippen LogP contribution is 2.32. The predicted molar refractivity (Wildman–Crippen MR) is 88.2 cm³/mol. The Morgan fingerprint density at radius 3 is 1.96 bits per heavy atom. The van der Waals surface area contributed by atoms with Crippen LogP contribution in [0.5, 0.6) is 17.2 Å². The van der Waals surface area contributed by atoms with Gasteiger partial charge in [-0.1, -0.05) is 0 Å². The van der Waals surface area contributed by atoms with Crippen molar-refractivity contribution in [2.24, 2.45) is 0 Å². The average Bonchev–Trinajstić information content (AvgIpc) is 3.13. The summed E-state index contributed by atoms with van der Waals surface area (Å²) in [4.78, 5) is 3.42. The smallest absolute Gasteiger partial charge is 0.497 e. The molecule has 0 aliphatic heterocycles. The molecule has 0 unspecified atom stereocenters. The third-order valence-electron chi connectivity index (χ3n) is 3.46. The van der Waals surface area contributed by atoms with Crippen molar-refractivity contribution in [1.82, 2.24) is 4.98 Å². The number of hydrogen-bond donors (Lipinski definition) is 0. The third-order valence-corrected chi connectivity index (χ3v) is 4.81. The van der Waals surface area contributed by atoms with Crippen molar-refractivity contribution in [3.63, 3.8) is 0 Å². The molecule has 0 radical (unpaired) electrons. The van der Waals surface area contributed by atoms with Crippen LogP contribution in [0.3, 0.4) is 0 Å². The zero-order chi connectivity index (χ0) is 19.7. The molecule has 1 heterocycles. The Morgan fingerprint density at radius 1 is 0.926 bits per heavy atom. The van der Waals surface area contributed by atoms with Crippen molar-refractivity contribution in [3.05, 3.63) is 54.8 Å². The quantitative estimate of drug-likeness (QED) is 0.631. The number of sulfone groups is 1. The number of rotatable bonds is 5. The maximum absolute atomic E-state index is 12.5. The van der Waals surface area contributed by atoms with Gasteiger partial charge in [0, 0.05) is 5.56 Å². The summed E-state index contributed by atoms with van der Waals surface area (Å²) in [6.07, 6.45) is 0.458. The molecule has 10 heteroatoms. The van der Waals surface area contributed by atoms with Crippen molar-refractivity contribution in [2.45, 2.75) is 10.5 Å². The highest BCUT2D eigenvalue weighted by Gasteiger charge is 2.48. The van der Waals surface area contributed by atoms with Gasteiger partial charge in [0.15, 0.2) is 0 Å². The number of ether oxygens (including phenoxy) is 2. The lowest BCUT2D eigenvalue weighted by Gasteiger charge is -2.07. The lowest BCUT2D eigenvalue weighted by Crippen LogP contribution is -2.23. The summed E-state index contributed by atoms with van der Waals surface area (Å²) < 4.78 is 75.8. The van der Waals surface area contributed by atoms with Gasteiger partial charge < -0.3 is 13.9 Å². The van der Waals surface area contributed by atoms with Gasteiger partial charge in [-0.15, -0.1) is 0 Å². The summed E-state index contributed by atoms with van der Waals surface area (Å²) in [6, 6.07) is 12.9. The van der Waals surface area contributed by atoms with Crippen molar-refractivity contribution in [3.8, 4) is 28.7 Å². The van der Waals surface area contributed by atoms with Gasteiger partial charge in [-0.2, -0.15) is 18.2 Å². The summed E-state index contributed by atoms with van der Waals surface area (Å²) in [5, 5.41) is -1.19. The van der Waals surface area contributed by atoms with E-state index in [1.165, 1.54) is 12.1 Å². The van der Waals surface area contributed by atoms with E-state index in [1.807, 2.05) is 0 Å². The Balaban J connectivity index is 1.78. The van der Waals surface area contributed by atoms with Crippen LogP contribution in [0.15, 0.2) is 64.2 Å². The minimum atomic E-state index is -5.56. The molecule has 3 aromatic rings. The van der Waals surface area contributed by atoms with Crippen LogP contribution in [0.4, 0.5) is 13.2 Å². The zero-order valence-electron chi connectivity index (χ0n) is 13.7. The number of oxazole rings is 1. The van der Waals surface area contributed by atoms with Gasteiger partial charge in [0.1, 0.15) is 23.5 Å². The molecule has 0 aliphatic rings. The Labute approximate surface area is 152 Å². The standard InChI is InChI=1S/C17H12F3NO5S/c1-24-12-6-8-14(9-7-12)26-13-4-2-11(3-5-13)16-21-15(10-25-16)27(22,23)17(18,19)20/h2-10H,1H3. The second kappa shape index (κ2) is 6.95. The van der Waals surface area contributed by atoms with Crippen LogP contribution < -0.4 is 9.47 Å². The van der Waals surface area contributed by atoms with Gasteiger partial charge in [0.05, 0.1) is 7.11 Å². The molecule has 2 aromatic carbocycles. The van der Waals surface area contributed by atoms with E-state index in [9.17, 15) is 21.6 Å². The first-order valence-electron chi connectivity index (χ1n) is 7.40. The summed E-state index contributed by atoms with van der Waals surface area (Å²) in [5.74, 6) is 1.43. The summed E-state index contributed by atoms with van der Waals surface area (Å²) in [7, 11) is -4.01. The predicted octanol–water partition coefficient (Wildman–Crippen LogP) is 4.44. The van der Waals surface area contributed by atoms with Crippen LogP contribution in [0.25, 0.3) is 11.5 Å². The third kappa shape index (κ3) is 3.90. The normalized spacial score (nSPS) is 12.0. The molecule has 0 fully saturated rings. The van der Waals surface area contributed by atoms with Crippen LogP contribution in [0.2, 0.25) is 0 Å². The first-order chi connectivity index (χ1) is 12.7. The number of halogens is 3. The second-order valence-corrected chi connectivity index (χ2v) is 7.13. The molecular formula is C17H12F3NO5S. The van der Waals surface area contributed by atoms with Crippen molar-refractivity contribution in [1.29, 1.82) is 0 Å². The zero-order valence-corrected chi connectivity index (χ0v) is 14.5. The van der Waals surface area contributed by atoms with Crippen LogP contribution >= 0.6 is 0 Å². The van der Waals surface area contributed by atoms with Crippen LogP contribution in [0, 0.1) is 0 Å². The Kier molecular flexibility index (Phi) is 4.83. The molecular weight excluding hydrogens is 387 g/mol. The molecule has 27 heavy (non-hydrogen) atoms. The largest absolute Gasteiger partial charge is 0.503 e. The fraction of sp³-hybridized carbons (Fsp3) is 0.118. The van der Waals surface area contributed by atoms with Gasteiger partial charge in [-0.3, -0.25) is 0 Å². The van der Waals surface area contributed by atoms with Gasteiger partial charge in [-0.05, 0) is 48.5 Å². The molecule has 0 atom stereocenters. The van der Waals surface area contributed by atoms with Crippen molar-refractivity contribution in [2.75, 3.05) is 7.11 Å². The SMILES string of the molecule is COc1ccc(Oc2ccc(-c3nc(S(=O)(=O)C(F)(F)F)co3)cc2)cc1. The fourth-order valence-electron chi connectivity index (χ4n) is 2.08. The van der Waals surface area contributed by atoms with Crippen LogP contribution in [0.1, 0.15) is 0 Å². The molecule has 0 aliphatic carbocycles. The Morgan fingerprint density at radius 2 is 1.44 bits per heavy atom. The number of benzene rings is 2. The monoisotopic (exact) mass is 399 g/mol. The van der Waals surface area contributed by atoms with E-state index in [0.717, 1.165) is 0 Å². The summed E-state index contributed by atoms with van der Waals surface area (Å²) in [6.45, 7) is 0. The van der Waals surface area contributed by atoms with Crippen molar-refractivity contribution < 1.29 is 35.5 Å². The molecule has 6 nitrogen and oxygen atoms in total. The average molecular weight is 399 g/mol. The lowest BCUT2D eigenvalue weighted by molar-refractivity contribution is -0.0438. The maximum Gasteiger partial charge on any atom is 0.503 e. The van der Waals surface area contributed by atoms with Gasteiger partial charge in [-0.25, -0.2) is 8.42 Å². The maximum atomic E-state index is 12.5. The van der Waals surface area contributed by atoms with E-state index in [1.54, 1.807) is 43.5 Å². The van der Waals surface area contributed by atoms with E-state index in [0.29, 0.717) is 29.1 Å². The fourth-order valence-corrected chi connectivity index (χ4v) is 2.69. The highest BCUT2D eigenvalue weighted by molar-refractivity contribution is 7.92. The highest BCUT2D eigenvalue weighted by atomic mass is 32.2. The number of aromatic nitrogens is 1. The van der Waals surface area contributed by atoms with Crippen LogP contribution in [-0.4, -0.2) is 26.0 Å². The number of nitrogens with zero attached hydrogens (tertiary/aromatic N) is 1. The molecule has 0 spiro atoms.